The van der Waals surface area contributed by atoms with Crippen LogP contribution in [0.5, 0.6) is 0 Å². The molecule has 1 aliphatic rings. The smallest absolute Gasteiger partial charge is 0.212 e. The summed E-state index contributed by atoms with van der Waals surface area (Å²) in [6.45, 7) is 1.77. The van der Waals surface area contributed by atoms with Gasteiger partial charge in [-0.25, -0.2) is 0 Å². The van der Waals surface area contributed by atoms with Gasteiger partial charge in [0.15, 0.2) is 0 Å². The molecule has 0 radical (unpaired) electrons. The number of nitrogens with one attached hydrogen (secondary N) is 2. The number of H-pyrrole nitrogens is 1. The van der Waals surface area contributed by atoms with Gasteiger partial charge < -0.3 is 10.5 Å². The molecule has 10 heavy (non-hydrogen) atoms. The largest absolute Gasteiger partial charge is 0.596 e. The van der Waals surface area contributed by atoms with Gasteiger partial charge in [0, 0.05) is 12.1 Å². The fourth-order valence-corrected chi connectivity index (χ4v) is 1.26. The van der Waals surface area contributed by atoms with E-state index in [1.54, 1.807) is 6.20 Å². The van der Waals surface area contributed by atoms with Crippen LogP contribution in [0.25, 0.3) is 0 Å². The molecule has 0 saturated heterocycles. The molecular weight excluding hydrogens is 130 g/mol. The van der Waals surface area contributed by atoms with Crippen LogP contribution in [0.3, 0.4) is 0 Å². The predicted molar refractivity (Wildman–Crippen MR) is 35.2 cm³/mol. The zero-order valence-corrected chi connectivity index (χ0v) is 5.55. The molecule has 0 fully saturated rings. The minimum Gasteiger partial charge on any atom is -0.596 e. The maximum atomic E-state index is 10.7. The summed E-state index contributed by atoms with van der Waals surface area (Å²) in [5, 5.41) is 16.6. The quantitative estimate of drug-likeness (QED) is 0.368. The van der Waals surface area contributed by atoms with Crippen LogP contribution in [0.2, 0.25) is 0 Å². The maximum Gasteiger partial charge on any atom is 0.212 e. The van der Waals surface area contributed by atoms with E-state index < -0.39 is 0 Å². The highest BCUT2D eigenvalue weighted by Crippen LogP contribution is 2.06. The lowest BCUT2D eigenvalue weighted by Crippen LogP contribution is -2.27. The van der Waals surface area contributed by atoms with E-state index in [4.69, 9.17) is 0 Å². The third-order valence-corrected chi connectivity index (χ3v) is 1.78. The normalized spacial score (nSPS) is 16.8. The topological polar surface area (TPSA) is 54.8 Å². The lowest BCUT2D eigenvalue weighted by molar-refractivity contribution is -0.665. The minimum absolute atomic E-state index is 0.762. The van der Waals surface area contributed by atoms with Crippen LogP contribution in [0.4, 0.5) is 0 Å². The molecule has 1 aromatic rings. The first kappa shape index (κ1) is 5.73. The van der Waals surface area contributed by atoms with Gasteiger partial charge in [-0.2, -0.15) is 5.10 Å². The van der Waals surface area contributed by atoms with Crippen LogP contribution in [0.15, 0.2) is 6.20 Å². The van der Waals surface area contributed by atoms with Crippen molar-refractivity contribution in [3.05, 3.63) is 22.7 Å². The van der Waals surface area contributed by atoms with Crippen molar-refractivity contribution in [1.29, 1.82) is 0 Å². The fraction of sp³-hybridized carbons (Fsp3) is 0.500. The van der Waals surface area contributed by atoms with Crippen molar-refractivity contribution in [3.8, 4) is 0 Å². The average molecular weight is 139 g/mol. The van der Waals surface area contributed by atoms with E-state index in [0.29, 0.717) is 0 Å². The number of aromatic nitrogens is 2. The Labute approximate surface area is 58.4 Å². The van der Waals surface area contributed by atoms with Crippen LogP contribution >= 0.6 is 0 Å². The van der Waals surface area contributed by atoms with Crippen molar-refractivity contribution in [2.75, 3.05) is 6.54 Å². The lowest BCUT2D eigenvalue weighted by Gasteiger charge is -2.07. The van der Waals surface area contributed by atoms with Crippen molar-refractivity contribution in [3.63, 3.8) is 0 Å². The Hall–Kier alpha value is -1.03. The molecule has 0 saturated carbocycles. The van der Waals surface area contributed by atoms with Gasteiger partial charge >= 0.3 is 0 Å². The molecule has 2 N–H and O–H groups in total. The number of nitrogens with zero attached hydrogens (tertiary/aromatic N) is 1. The van der Waals surface area contributed by atoms with E-state index in [0.717, 1.165) is 35.6 Å². The number of hydrogen-bond acceptors (Lipinski definition) is 2. The minimum atomic E-state index is 0.762. The van der Waals surface area contributed by atoms with Crippen LogP contribution in [-0.4, -0.2) is 11.6 Å². The molecule has 2 rings (SSSR count). The summed E-state index contributed by atoms with van der Waals surface area (Å²) in [5.41, 5.74) is 2.18. The van der Waals surface area contributed by atoms with Crippen LogP contribution in [0.1, 0.15) is 11.3 Å². The van der Waals surface area contributed by atoms with Gasteiger partial charge in [-0.15, -0.1) is 0 Å². The number of hydrogen-bond donors (Lipinski definition) is 2. The van der Waals surface area contributed by atoms with E-state index in [1.165, 1.54) is 0 Å². The first-order valence-corrected chi connectivity index (χ1v) is 3.37. The predicted octanol–water partition coefficient (Wildman–Crippen LogP) is -0.706. The third-order valence-electron chi connectivity index (χ3n) is 1.78. The molecule has 1 aromatic heterocycles. The van der Waals surface area contributed by atoms with E-state index in [9.17, 15) is 5.21 Å². The molecule has 0 unspecified atom stereocenters. The molecule has 0 spiro atoms. The van der Waals surface area contributed by atoms with Gasteiger partial charge in [0.05, 0.1) is 5.69 Å². The molecule has 0 amide bonds. The Morgan fingerprint density at radius 2 is 2.50 bits per heavy atom. The zero-order chi connectivity index (χ0) is 6.97. The average Bonchev–Trinajstić information content (AvgIpc) is 2.27. The van der Waals surface area contributed by atoms with Crippen LogP contribution in [0, 0.1) is 5.21 Å². The van der Waals surface area contributed by atoms with Crippen molar-refractivity contribution in [1.82, 2.24) is 10.4 Å². The molecule has 0 aromatic carbocycles. The Balaban J connectivity index is 2.41. The van der Waals surface area contributed by atoms with Gasteiger partial charge in [-0.3, -0.25) is 0 Å². The van der Waals surface area contributed by atoms with Crippen molar-refractivity contribution in [2.24, 2.45) is 0 Å². The summed E-state index contributed by atoms with van der Waals surface area (Å²) in [6.07, 6.45) is 2.57. The fourth-order valence-electron chi connectivity index (χ4n) is 1.26. The summed E-state index contributed by atoms with van der Waals surface area (Å²) < 4.78 is 0. The van der Waals surface area contributed by atoms with Crippen LogP contribution < -0.4 is 10.2 Å². The Kier molecular flexibility index (Phi) is 1.14. The van der Waals surface area contributed by atoms with Gasteiger partial charge in [-0.1, -0.05) is 4.85 Å². The molecule has 0 bridgehead atoms. The Bertz CT molecular complexity index is 220. The van der Waals surface area contributed by atoms with Gasteiger partial charge in [0.2, 0.25) is 6.20 Å². The SMILES string of the molecule is [O-][n+]1cc2c([nH]1)CNCC2. The molecule has 4 heteroatoms. The van der Waals surface area contributed by atoms with Crippen molar-refractivity contribution >= 4 is 0 Å². The van der Waals surface area contributed by atoms with Crippen molar-refractivity contribution in [2.45, 2.75) is 13.0 Å². The molecular formula is C6H9N3O. The molecule has 0 atom stereocenters. The van der Waals surface area contributed by atoms with E-state index in [-0.39, 0.29) is 0 Å². The van der Waals surface area contributed by atoms with Crippen LogP contribution in [-0.2, 0) is 13.0 Å². The lowest BCUT2D eigenvalue weighted by atomic mass is 10.1. The number of fused-ring (bicyclic) bond motifs is 1. The van der Waals surface area contributed by atoms with Gasteiger partial charge in [0.1, 0.15) is 0 Å². The summed E-state index contributed by atoms with van der Waals surface area (Å²) >= 11 is 0. The molecule has 0 aliphatic carbocycles. The Morgan fingerprint density at radius 1 is 1.60 bits per heavy atom. The molecule has 1 aliphatic heterocycles. The zero-order valence-electron chi connectivity index (χ0n) is 5.55. The first-order chi connectivity index (χ1) is 4.86. The maximum absolute atomic E-state index is 10.7. The monoisotopic (exact) mass is 139 g/mol. The third kappa shape index (κ3) is 0.769. The molecule has 2 heterocycles. The van der Waals surface area contributed by atoms with E-state index >= 15 is 0 Å². The summed E-state index contributed by atoms with van der Waals surface area (Å²) in [4.78, 5) is 0.762. The second-order valence-corrected chi connectivity index (χ2v) is 2.50. The van der Waals surface area contributed by atoms with Gasteiger partial charge in [0.25, 0.3) is 0 Å². The highest BCUT2D eigenvalue weighted by Gasteiger charge is 2.14. The van der Waals surface area contributed by atoms with Gasteiger partial charge in [-0.05, 0) is 13.0 Å². The number of aromatic amines is 1. The molecule has 4 nitrogen and oxygen atoms in total. The second-order valence-electron chi connectivity index (χ2n) is 2.50. The Morgan fingerprint density at radius 3 is 3.30 bits per heavy atom. The summed E-state index contributed by atoms with van der Waals surface area (Å²) in [5.74, 6) is 0. The second kappa shape index (κ2) is 1.98. The highest BCUT2D eigenvalue weighted by atomic mass is 16.5. The summed E-state index contributed by atoms with van der Waals surface area (Å²) in [7, 11) is 0. The molecule has 54 valence electrons. The van der Waals surface area contributed by atoms with E-state index in [1.807, 2.05) is 0 Å². The summed E-state index contributed by atoms with van der Waals surface area (Å²) in [6, 6.07) is 0. The first-order valence-electron chi connectivity index (χ1n) is 3.37. The standard InChI is InChI=1S/C6H9N3O/c10-9-4-5-1-2-7-3-6(5)8-9/h4,7-8H,1-3H2. The van der Waals surface area contributed by atoms with E-state index in [2.05, 4.69) is 10.4 Å². The van der Waals surface area contributed by atoms with Crippen molar-refractivity contribution < 1.29 is 4.85 Å². The number of rotatable bonds is 0. The highest BCUT2D eigenvalue weighted by molar-refractivity contribution is 5.16.